The molecule has 18 heavy (non-hydrogen) atoms. The first kappa shape index (κ1) is 14.5. The van der Waals surface area contributed by atoms with Crippen molar-refractivity contribution in [3.63, 3.8) is 0 Å². The molecule has 1 unspecified atom stereocenters. The van der Waals surface area contributed by atoms with E-state index in [0.717, 1.165) is 17.3 Å². The number of amides is 1. The number of ether oxygens (including phenoxy) is 1. The monoisotopic (exact) mass is 315 g/mol. The van der Waals surface area contributed by atoms with Crippen LogP contribution >= 0.6 is 15.9 Å². The summed E-state index contributed by atoms with van der Waals surface area (Å²) in [5.41, 5.74) is 1.60. The number of carbonyl (C=O) groups excluding carboxylic acids is 1. The summed E-state index contributed by atoms with van der Waals surface area (Å²) in [5.74, 6) is -1.13. The number of carboxylic acid groups (broad SMARTS) is 1. The second kappa shape index (κ2) is 7.00. The zero-order chi connectivity index (χ0) is 13.5. The number of hydrogen-bond acceptors (Lipinski definition) is 3. The second-order valence-corrected chi connectivity index (χ2v) is 4.38. The van der Waals surface area contributed by atoms with Crippen LogP contribution in [0.1, 0.15) is 17.2 Å². The van der Waals surface area contributed by atoms with Crippen molar-refractivity contribution in [3.8, 4) is 0 Å². The van der Waals surface area contributed by atoms with Crippen molar-refractivity contribution in [3.05, 3.63) is 35.4 Å². The third kappa shape index (κ3) is 4.03. The minimum absolute atomic E-state index is 0.506. The first-order valence-corrected chi connectivity index (χ1v) is 6.42. The number of benzene rings is 1. The molecule has 0 saturated carbocycles. The van der Waals surface area contributed by atoms with E-state index in [4.69, 9.17) is 5.11 Å². The number of carboxylic acids is 1. The van der Waals surface area contributed by atoms with Gasteiger partial charge in [-0.1, -0.05) is 40.2 Å². The predicted octanol–water partition coefficient (Wildman–Crippen LogP) is 2.11. The molecule has 0 aliphatic heterocycles. The molecule has 0 aliphatic rings. The summed E-state index contributed by atoms with van der Waals surface area (Å²) in [6, 6.07) is 5.95. The number of aliphatic carboxylic acids is 1. The minimum Gasteiger partial charge on any atom is -0.479 e. The Morgan fingerprint density at radius 2 is 2.00 bits per heavy atom. The molecule has 5 nitrogen and oxygen atoms in total. The van der Waals surface area contributed by atoms with Crippen LogP contribution in [-0.4, -0.2) is 29.6 Å². The topological polar surface area (TPSA) is 75.6 Å². The Hall–Kier alpha value is -1.56. The van der Waals surface area contributed by atoms with E-state index >= 15 is 0 Å². The molecule has 0 spiro atoms. The second-order valence-electron chi connectivity index (χ2n) is 3.59. The summed E-state index contributed by atoms with van der Waals surface area (Å²) in [4.78, 5) is 22.2. The van der Waals surface area contributed by atoms with Gasteiger partial charge < -0.3 is 15.2 Å². The van der Waals surface area contributed by atoms with Crippen molar-refractivity contribution in [2.75, 3.05) is 12.4 Å². The maximum atomic E-state index is 11.1. The Kier molecular flexibility index (Phi) is 5.64. The molecule has 0 saturated heterocycles. The molecule has 0 radical (unpaired) electrons. The lowest BCUT2D eigenvalue weighted by atomic mass is 10.0. The number of rotatable bonds is 5. The van der Waals surface area contributed by atoms with Crippen LogP contribution in [0.2, 0.25) is 0 Å². The third-order valence-corrected chi connectivity index (χ3v) is 2.79. The van der Waals surface area contributed by atoms with Crippen LogP contribution in [0.3, 0.4) is 0 Å². The standard InChI is InChI=1S/C12H14BrNO4/c1-18-12(17)14-10(11(15)16)9-4-2-8(3-5-9)6-7-13/h2-5,10H,6-7H2,1H3,(H,14,17)(H,15,16). The zero-order valence-electron chi connectivity index (χ0n) is 9.85. The fraction of sp³-hybridized carbons (Fsp3) is 0.333. The number of aryl methyl sites for hydroxylation is 1. The number of methoxy groups -OCH3 is 1. The maximum Gasteiger partial charge on any atom is 0.407 e. The first-order chi connectivity index (χ1) is 8.58. The van der Waals surface area contributed by atoms with Gasteiger partial charge in [0.25, 0.3) is 0 Å². The molecule has 6 heteroatoms. The quantitative estimate of drug-likeness (QED) is 0.816. The van der Waals surface area contributed by atoms with Crippen molar-refractivity contribution in [2.24, 2.45) is 0 Å². The molecule has 1 atom stereocenters. The number of halogens is 1. The molecule has 0 fully saturated rings. The van der Waals surface area contributed by atoms with Gasteiger partial charge in [-0.25, -0.2) is 9.59 Å². The van der Waals surface area contributed by atoms with E-state index in [0.29, 0.717) is 5.56 Å². The van der Waals surface area contributed by atoms with E-state index in [2.05, 4.69) is 26.0 Å². The van der Waals surface area contributed by atoms with Crippen LogP contribution in [0.15, 0.2) is 24.3 Å². The molecule has 0 aromatic heterocycles. The van der Waals surface area contributed by atoms with Crippen molar-refractivity contribution >= 4 is 28.0 Å². The highest BCUT2D eigenvalue weighted by Gasteiger charge is 2.22. The predicted molar refractivity (Wildman–Crippen MR) is 69.9 cm³/mol. The summed E-state index contributed by atoms with van der Waals surface area (Å²) in [6.45, 7) is 0. The Labute approximate surface area is 113 Å². The molecule has 0 aliphatic carbocycles. The zero-order valence-corrected chi connectivity index (χ0v) is 11.4. The highest BCUT2D eigenvalue weighted by molar-refractivity contribution is 9.09. The highest BCUT2D eigenvalue weighted by Crippen LogP contribution is 2.15. The Balaban J connectivity index is 2.85. The third-order valence-electron chi connectivity index (χ3n) is 2.39. The normalized spacial score (nSPS) is 11.7. The SMILES string of the molecule is COC(=O)NC(C(=O)O)c1ccc(CCBr)cc1. The van der Waals surface area contributed by atoms with Gasteiger partial charge in [0.2, 0.25) is 0 Å². The first-order valence-electron chi connectivity index (χ1n) is 5.30. The number of carbonyl (C=O) groups is 2. The molecule has 1 aromatic rings. The van der Waals surface area contributed by atoms with E-state index < -0.39 is 18.1 Å². The number of alkyl carbamates (subject to hydrolysis) is 1. The lowest BCUT2D eigenvalue weighted by molar-refractivity contribution is -0.139. The number of alkyl halides is 1. The van der Waals surface area contributed by atoms with E-state index in [-0.39, 0.29) is 0 Å². The summed E-state index contributed by atoms with van der Waals surface area (Å²) >= 11 is 3.33. The molecule has 98 valence electrons. The Morgan fingerprint density at radius 3 is 2.44 bits per heavy atom. The summed E-state index contributed by atoms with van der Waals surface area (Å²) < 4.78 is 4.40. The van der Waals surface area contributed by atoms with Crippen molar-refractivity contribution < 1.29 is 19.4 Å². The van der Waals surface area contributed by atoms with Crippen molar-refractivity contribution in [1.29, 1.82) is 0 Å². The van der Waals surface area contributed by atoms with Gasteiger partial charge in [-0.3, -0.25) is 0 Å². The number of nitrogens with one attached hydrogen (secondary N) is 1. The van der Waals surface area contributed by atoms with Crippen LogP contribution in [0.25, 0.3) is 0 Å². The average molecular weight is 316 g/mol. The van der Waals surface area contributed by atoms with E-state index in [1.165, 1.54) is 7.11 Å². The maximum absolute atomic E-state index is 11.1. The molecule has 1 aromatic carbocycles. The highest BCUT2D eigenvalue weighted by atomic mass is 79.9. The van der Waals surface area contributed by atoms with Gasteiger partial charge >= 0.3 is 12.1 Å². The molecule has 0 bridgehead atoms. The van der Waals surface area contributed by atoms with Gasteiger partial charge in [-0.2, -0.15) is 0 Å². The van der Waals surface area contributed by atoms with Gasteiger partial charge in [0.05, 0.1) is 7.11 Å². The molecule has 0 heterocycles. The number of hydrogen-bond donors (Lipinski definition) is 2. The summed E-state index contributed by atoms with van der Waals surface area (Å²) in [5, 5.41) is 12.2. The summed E-state index contributed by atoms with van der Waals surface area (Å²) in [6.07, 6.45) is 0.0922. The van der Waals surface area contributed by atoms with Crippen molar-refractivity contribution in [2.45, 2.75) is 12.5 Å². The fourth-order valence-corrected chi connectivity index (χ4v) is 1.91. The Bertz CT molecular complexity index is 419. The molecule has 1 amide bonds. The van der Waals surface area contributed by atoms with Gasteiger partial charge in [0.1, 0.15) is 0 Å². The van der Waals surface area contributed by atoms with Gasteiger partial charge in [-0.05, 0) is 17.5 Å². The molecular weight excluding hydrogens is 302 g/mol. The molecule has 2 N–H and O–H groups in total. The lowest BCUT2D eigenvalue weighted by Gasteiger charge is -2.14. The fourth-order valence-electron chi connectivity index (χ4n) is 1.45. The van der Waals surface area contributed by atoms with Gasteiger partial charge in [0, 0.05) is 5.33 Å². The Morgan fingerprint density at radius 1 is 1.39 bits per heavy atom. The summed E-state index contributed by atoms with van der Waals surface area (Å²) in [7, 11) is 1.19. The van der Waals surface area contributed by atoms with Crippen LogP contribution in [0.4, 0.5) is 4.79 Å². The van der Waals surface area contributed by atoms with Crippen molar-refractivity contribution in [1.82, 2.24) is 5.32 Å². The van der Waals surface area contributed by atoms with E-state index in [9.17, 15) is 9.59 Å². The minimum atomic E-state index is -1.13. The van der Waals surface area contributed by atoms with Gasteiger partial charge in [-0.15, -0.1) is 0 Å². The molecule has 1 rings (SSSR count). The van der Waals surface area contributed by atoms with Crippen LogP contribution in [-0.2, 0) is 16.0 Å². The molecular formula is C12H14BrNO4. The van der Waals surface area contributed by atoms with Crippen LogP contribution in [0, 0.1) is 0 Å². The van der Waals surface area contributed by atoms with E-state index in [1.54, 1.807) is 12.1 Å². The lowest BCUT2D eigenvalue weighted by Crippen LogP contribution is -2.33. The van der Waals surface area contributed by atoms with Gasteiger partial charge in [0.15, 0.2) is 6.04 Å². The largest absolute Gasteiger partial charge is 0.479 e. The van der Waals surface area contributed by atoms with Crippen LogP contribution < -0.4 is 5.32 Å². The smallest absolute Gasteiger partial charge is 0.407 e. The van der Waals surface area contributed by atoms with Crippen LogP contribution in [0.5, 0.6) is 0 Å². The van der Waals surface area contributed by atoms with E-state index in [1.807, 2.05) is 12.1 Å². The average Bonchev–Trinajstić information content (AvgIpc) is 2.37.